The lowest BCUT2D eigenvalue weighted by molar-refractivity contribution is 0.107. The van der Waals surface area contributed by atoms with Gasteiger partial charge in [0, 0.05) is 31.1 Å². The van der Waals surface area contributed by atoms with Crippen LogP contribution < -0.4 is 19.7 Å². The summed E-state index contributed by atoms with van der Waals surface area (Å²) in [6.07, 6.45) is 2.48. The van der Waals surface area contributed by atoms with E-state index in [9.17, 15) is 9.50 Å². The molecule has 2 aromatic carbocycles. The summed E-state index contributed by atoms with van der Waals surface area (Å²) >= 11 is 0. The molecule has 3 saturated heterocycles. The molecule has 2 N–H and O–H groups in total. The van der Waals surface area contributed by atoms with Crippen LogP contribution in [0.3, 0.4) is 0 Å². The van der Waals surface area contributed by atoms with Crippen LogP contribution in [-0.4, -0.2) is 88.6 Å². The number of aromatic nitrogens is 3. The number of ether oxygens (including phenoxy) is 2. The van der Waals surface area contributed by atoms with Gasteiger partial charge in [-0.05, 0) is 73.3 Å². The number of aromatic hydroxyl groups is 1. The summed E-state index contributed by atoms with van der Waals surface area (Å²) in [4.78, 5) is 18.4. The van der Waals surface area contributed by atoms with Crippen molar-refractivity contribution < 1.29 is 27.8 Å². The van der Waals surface area contributed by atoms with Gasteiger partial charge in [-0.3, -0.25) is 4.90 Å². The number of rotatable bonds is 6. The first-order chi connectivity index (χ1) is 21.8. The first-order valence-electron chi connectivity index (χ1n) is 15.8. The number of nitrogens with zero attached hydrogens (tertiary/aromatic N) is 5. The van der Waals surface area contributed by atoms with Crippen molar-refractivity contribution in [1.29, 1.82) is 0 Å². The van der Waals surface area contributed by atoms with Crippen LogP contribution in [0.4, 0.5) is 19.0 Å². The average Bonchev–Trinajstić information content (AvgIpc) is 3.73. The van der Waals surface area contributed by atoms with Gasteiger partial charge in [-0.25, -0.2) is 18.2 Å². The fraction of sp³-hybridized carbons (Fsp3) is 0.485. The highest BCUT2D eigenvalue weighted by Gasteiger charge is 2.49. The van der Waals surface area contributed by atoms with Gasteiger partial charge in [0.1, 0.15) is 53.4 Å². The van der Waals surface area contributed by atoms with E-state index < -0.39 is 23.3 Å². The van der Waals surface area contributed by atoms with Gasteiger partial charge in [0.15, 0.2) is 5.82 Å². The predicted molar refractivity (Wildman–Crippen MR) is 164 cm³/mol. The summed E-state index contributed by atoms with van der Waals surface area (Å²) in [6, 6.07) is 5.94. The molecule has 45 heavy (non-hydrogen) atoms. The van der Waals surface area contributed by atoms with Gasteiger partial charge < -0.3 is 24.8 Å². The molecule has 236 valence electrons. The Bertz CT molecular complexity index is 1820. The minimum Gasteiger partial charge on any atom is -0.508 e. The predicted octanol–water partition coefficient (Wildman–Crippen LogP) is 4.91. The molecule has 0 saturated carbocycles. The minimum absolute atomic E-state index is 0.00180. The molecule has 0 amide bonds. The van der Waals surface area contributed by atoms with Crippen LogP contribution in [-0.2, 0) is 6.42 Å². The Labute approximate surface area is 258 Å². The summed E-state index contributed by atoms with van der Waals surface area (Å²) in [5.74, 6) is -0.628. The monoisotopic (exact) mass is 620 g/mol. The molecule has 3 atom stereocenters. The van der Waals surface area contributed by atoms with Crippen LogP contribution in [0.1, 0.15) is 38.2 Å². The van der Waals surface area contributed by atoms with Gasteiger partial charge in [-0.1, -0.05) is 13.0 Å². The molecule has 4 aliphatic heterocycles. The third-order valence-corrected chi connectivity index (χ3v) is 10.0. The molecule has 0 radical (unpaired) electrons. The normalized spacial score (nSPS) is 24.8. The zero-order chi connectivity index (χ0) is 30.9. The number of phenolic OH excluding ortho intramolecular Hbond substituents is 1. The molecule has 0 bridgehead atoms. The molecule has 3 fully saturated rings. The third kappa shape index (κ3) is 4.63. The Hall–Kier alpha value is -3.90. The molecule has 4 aromatic rings. The fourth-order valence-electron chi connectivity index (χ4n) is 7.95. The average molecular weight is 621 g/mol. The summed E-state index contributed by atoms with van der Waals surface area (Å²) in [5.41, 5.74) is 0.0603. The van der Waals surface area contributed by atoms with E-state index in [0.29, 0.717) is 53.5 Å². The van der Waals surface area contributed by atoms with Crippen molar-refractivity contribution in [2.45, 2.75) is 56.8 Å². The molecule has 0 aliphatic carbocycles. The van der Waals surface area contributed by atoms with Crippen molar-refractivity contribution in [3.05, 3.63) is 41.5 Å². The van der Waals surface area contributed by atoms with Gasteiger partial charge in [0.2, 0.25) is 5.88 Å². The molecule has 9 nitrogen and oxygen atoms in total. The number of phenols is 1. The van der Waals surface area contributed by atoms with Crippen molar-refractivity contribution in [1.82, 2.24) is 25.2 Å². The number of aryl methyl sites for hydroxylation is 1. The fourth-order valence-corrected chi connectivity index (χ4v) is 7.95. The molecular formula is C33H35F3N6O3. The maximum absolute atomic E-state index is 17.0. The Morgan fingerprint density at radius 1 is 1.16 bits per heavy atom. The van der Waals surface area contributed by atoms with Crippen LogP contribution in [0.15, 0.2) is 24.3 Å². The highest BCUT2D eigenvalue weighted by Crippen LogP contribution is 2.44. The van der Waals surface area contributed by atoms with Crippen molar-refractivity contribution >= 4 is 27.5 Å². The number of alkyl halides is 1. The van der Waals surface area contributed by atoms with Gasteiger partial charge in [0.25, 0.3) is 0 Å². The number of nitrogens with one attached hydrogen (secondary N) is 1. The number of pyridine rings is 1. The zero-order valence-electron chi connectivity index (χ0n) is 25.1. The van der Waals surface area contributed by atoms with E-state index in [-0.39, 0.29) is 53.7 Å². The second-order valence-electron chi connectivity index (χ2n) is 12.7. The first kappa shape index (κ1) is 28.6. The zero-order valence-corrected chi connectivity index (χ0v) is 25.1. The van der Waals surface area contributed by atoms with E-state index in [2.05, 4.69) is 25.1 Å². The van der Waals surface area contributed by atoms with Crippen molar-refractivity contribution in [2.24, 2.45) is 0 Å². The van der Waals surface area contributed by atoms with E-state index in [1.54, 1.807) is 6.07 Å². The lowest BCUT2D eigenvalue weighted by Crippen LogP contribution is -2.43. The Kier molecular flexibility index (Phi) is 6.90. The Balaban J connectivity index is 1.32. The van der Waals surface area contributed by atoms with E-state index >= 15 is 8.78 Å². The summed E-state index contributed by atoms with van der Waals surface area (Å²) in [6.45, 7) is 5.59. The van der Waals surface area contributed by atoms with E-state index in [0.717, 1.165) is 38.9 Å². The van der Waals surface area contributed by atoms with Crippen LogP contribution in [0.2, 0.25) is 0 Å². The maximum atomic E-state index is 17.0. The summed E-state index contributed by atoms with van der Waals surface area (Å²) < 4.78 is 58.9. The van der Waals surface area contributed by atoms with Crippen LogP contribution in [0, 0.1) is 11.6 Å². The quantitative estimate of drug-likeness (QED) is 0.312. The van der Waals surface area contributed by atoms with Crippen molar-refractivity contribution in [3.8, 4) is 28.9 Å². The van der Waals surface area contributed by atoms with Gasteiger partial charge in [-0.2, -0.15) is 9.97 Å². The highest BCUT2D eigenvalue weighted by atomic mass is 19.1. The van der Waals surface area contributed by atoms with Crippen LogP contribution >= 0.6 is 0 Å². The maximum Gasteiger partial charge on any atom is 0.319 e. The second-order valence-corrected chi connectivity index (χ2v) is 12.7. The Morgan fingerprint density at radius 3 is 2.87 bits per heavy atom. The smallest absolute Gasteiger partial charge is 0.319 e. The number of halogens is 3. The molecule has 8 rings (SSSR count). The molecule has 4 aliphatic rings. The minimum atomic E-state index is -0.915. The van der Waals surface area contributed by atoms with Gasteiger partial charge in [0.05, 0.1) is 12.1 Å². The number of fused-ring (bicyclic) bond motifs is 2. The lowest BCUT2D eigenvalue weighted by atomic mass is 9.94. The Morgan fingerprint density at radius 2 is 2.04 bits per heavy atom. The number of benzene rings is 2. The number of hydrogen-bond donors (Lipinski definition) is 2. The van der Waals surface area contributed by atoms with Crippen LogP contribution in [0.5, 0.6) is 17.6 Å². The van der Waals surface area contributed by atoms with E-state index in [4.69, 9.17) is 14.5 Å². The second kappa shape index (κ2) is 10.9. The third-order valence-electron chi connectivity index (χ3n) is 10.0. The first-order valence-corrected chi connectivity index (χ1v) is 15.8. The molecule has 12 heteroatoms. The molecular weight excluding hydrogens is 585 g/mol. The molecule has 1 unspecified atom stereocenters. The van der Waals surface area contributed by atoms with Gasteiger partial charge >= 0.3 is 6.01 Å². The van der Waals surface area contributed by atoms with E-state index in [1.807, 2.05) is 6.92 Å². The molecule has 2 aromatic heterocycles. The summed E-state index contributed by atoms with van der Waals surface area (Å²) in [7, 11) is 0. The standard InChI is InChI=1S/C33H35F3N6O3/c1-2-22-24(35)5-4-18-12-21(43)13-23(25(18)22)28-27(36)29-26-30(42(20-6-8-37-15-20)10-11-44-31(26)38-28)40-32(39-29)45-17-33-7-3-9-41(33)16-19(34)14-33/h4-5,12-13,19-20,37,43H,2-3,6-11,14-17H2,1H3/t19-,20?,33+/m1/s1. The van der Waals surface area contributed by atoms with Crippen LogP contribution in [0.25, 0.3) is 32.9 Å². The largest absolute Gasteiger partial charge is 0.508 e. The van der Waals surface area contributed by atoms with Crippen molar-refractivity contribution in [3.63, 3.8) is 0 Å². The summed E-state index contributed by atoms with van der Waals surface area (Å²) in [5, 5.41) is 15.4. The highest BCUT2D eigenvalue weighted by molar-refractivity contribution is 6.03. The van der Waals surface area contributed by atoms with Gasteiger partial charge in [-0.15, -0.1) is 0 Å². The number of anilines is 1. The lowest BCUT2D eigenvalue weighted by Gasteiger charge is -2.31. The SMILES string of the molecule is CCc1c(F)ccc2cc(O)cc(-c3nc4c5c(nc(OC[C@@]67CCCN6C[C@H](F)C7)nc5c3F)N(C3CCNC3)CCO4)c12. The molecule has 0 spiro atoms. The van der Waals surface area contributed by atoms with Crippen molar-refractivity contribution in [2.75, 3.05) is 50.8 Å². The molecule has 6 heterocycles. The van der Waals surface area contributed by atoms with E-state index in [1.165, 1.54) is 18.2 Å². The number of hydrogen-bond acceptors (Lipinski definition) is 9. The topological polar surface area (TPSA) is 95.9 Å².